The van der Waals surface area contributed by atoms with E-state index in [0.717, 1.165) is 71.7 Å². The quantitative estimate of drug-likeness (QED) is 0.226. The Kier molecular flexibility index (Phi) is 5.22. The first-order valence-corrected chi connectivity index (χ1v) is 13.7. The lowest BCUT2D eigenvalue weighted by molar-refractivity contribution is 0.670. The lowest BCUT2D eigenvalue weighted by atomic mass is 9.96. The molecule has 0 aliphatic carbocycles. The third-order valence-electron chi connectivity index (χ3n) is 8.02. The van der Waals surface area contributed by atoms with Crippen molar-refractivity contribution in [3.8, 4) is 40.1 Å². The maximum atomic E-state index is 10.0. The van der Waals surface area contributed by atoms with E-state index in [2.05, 4.69) is 83.4 Å². The monoisotopic (exact) mass is 535 g/mol. The van der Waals surface area contributed by atoms with Crippen LogP contribution in [0.3, 0.4) is 0 Å². The van der Waals surface area contributed by atoms with Gasteiger partial charge in [0.2, 0.25) is 0 Å². The van der Waals surface area contributed by atoms with E-state index in [1.165, 1.54) is 0 Å². The second-order valence-electron chi connectivity index (χ2n) is 10.4. The highest BCUT2D eigenvalue weighted by Gasteiger charge is 2.16. The zero-order chi connectivity index (χ0) is 28.2. The molecule has 4 nitrogen and oxygen atoms in total. The second-order valence-corrected chi connectivity index (χ2v) is 10.4. The summed E-state index contributed by atoms with van der Waals surface area (Å²) >= 11 is 0. The van der Waals surface area contributed by atoms with Gasteiger partial charge in [0, 0.05) is 32.8 Å². The van der Waals surface area contributed by atoms with Gasteiger partial charge in [-0.2, -0.15) is 10.5 Å². The standard InChI is InChI=1S/C38H21N3O/c39-22-24-15-16-36-34(19-24)31-9-1-3-13-35(31)41(36)29-18-25(23-40)17-28(21-29)26-7-5-8-27(20-26)30-11-6-12-33-32-10-2-4-14-37(32)42-38(30)33/h1-21H. The summed E-state index contributed by atoms with van der Waals surface area (Å²) < 4.78 is 8.50. The Bertz CT molecular complexity index is 2450. The number of nitrogens with zero attached hydrogens (tertiary/aromatic N) is 3. The molecule has 6 aromatic carbocycles. The normalized spacial score (nSPS) is 11.3. The highest BCUT2D eigenvalue weighted by molar-refractivity contribution is 6.10. The molecule has 0 saturated heterocycles. The summed E-state index contributed by atoms with van der Waals surface area (Å²) in [6, 6.07) is 47.3. The van der Waals surface area contributed by atoms with Crippen molar-refractivity contribution in [2.45, 2.75) is 0 Å². The van der Waals surface area contributed by atoms with Crippen LogP contribution in [-0.2, 0) is 0 Å². The predicted octanol–water partition coefficient (Wildman–Crippen LogP) is 9.76. The summed E-state index contributed by atoms with van der Waals surface area (Å²) in [5.41, 5.74) is 9.86. The highest BCUT2D eigenvalue weighted by Crippen LogP contribution is 2.38. The van der Waals surface area contributed by atoms with Crippen molar-refractivity contribution in [2.24, 2.45) is 0 Å². The van der Waals surface area contributed by atoms with Gasteiger partial charge in [0.05, 0.1) is 34.3 Å². The number of nitriles is 2. The van der Waals surface area contributed by atoms with E-state index < -0.39 is 0 Å². The molecule has 0 bridgehead atoms. The molecular formula is C38H21N3O. The van der Waals surface area contributed by atoms with Crippen molar-refractivity contribution in [1.29, 1.82) is 10.5 Å². The van der Waals surface area contributed by atoms with Crippen LogP contribution in [0.25, 0.3) is 71.7 Å². The molecule has 42 heavy (non-hydrogen) atoms. The molecule has 0 fully saturated rings. The molecule has 0 atom stereocenters. The molecule has 8 aromatic rings. The van der Waals surface area contributed by atoms with Crippen molar-refractivity contribution < 1.29 is 4.42 Å². The van der Waals surface area contributed by atoms with Gasteiger partial charge in [0.25, 0.3) is 0 Å². The Morgan fingerprint density at radius 1 is 0.500 bits per heavy atom. The van der Waals surface area contributed by atoms with E-state index in [9.17, 15) is 10.5 Å². The molecule has 8 rings (SSSR count). The van der Waals surface area contributed by atoms with E-state index in [-0.39, 0.29) is 0 Å². The smallest absolute Gasteiger partial charge is 0.143 e. The zero-order valence-electron chi connectivity index (χ0n) is 22.4. The number of fused-ring (bicyclic) bond motifs is 6. The largest absolute Gasteiger partial charge is 0.455 e. The number of aromatic nitrogens is 1. The van der Waals surface area contributed by atoms with Gasteiger partial charge < -0.3 is 8.98 Å². The van der Waals surface area contributed by atoms with Crippen LogP contribution in [0, 0.1) is 22.7 Å². The van der Waals surface area contributed by atoms with E-state index in [1.54, 1.807) is 0 Å². The molecule has 2 heterocycles. The average Bonchev–Trinajstić information content (AvgIpc) is 3.60. The maximum Gasteiger partial charge on any atom is 0.143 e. The Morgan fingerprint density at radius 2 is 1.24 bits per heavy atom. The van der Waals surface area contributed by atoms with Crippen molar-refractivity contribution >= 4 is 43.7 Å². The third kappa shape index (κ3) is 3.60. The summed E-state index contributed by atoms with van der Waals surface area (Å²) in [6.07, 6.45) is 0. The summed E-state index contributed by atoms with van der Waals surface area (Å²) in [5.74, 6) is 0. The number of hydrogen-bond donors (Lipinski definition) is 0. The fraction of sp³-hybridized carbons (Fsp3) is 0. The minimum atomic E-state index is 0.576. The van der Waals surface area contributed by atoms with Crippen LogP contribution in [0.5, 0.6) is 0 Å². The molecule has 194 valence electrons. The summed E-state index contributed by atoms with van der Waals surface area (Å²) in [7, 11) is 0. The lowest BCUT2D eigenvalue weighted by Gasteiger charge is -2.12. The second kappa shape index (κ2) is 9.24. The molecule has 0 aliphatic heterocycles. The van der Waals surface area contributed by atoms with Gasteiger partial charge in [-0.05, 0) is 71.3 Å². The van der Waals surface area contributed by atoms with Crippen LogP contribution < -0.4 is 0 Å². The van der Waals surface area contributed by atoms with Gasteiger partial charge in [-0.15, -0.1) is 0 Å². The van der Waals surface area contributed by atoms with Gasteiger partial charge in [0.15, 0.2) is 0 Å². The van der Waals surface area contributed by atoms with Gasteiger partial charge in [-0.1, -0.05) is 72.8 Å². The Morgan fingerprint density at radius 3 is 2.12 bits per heavy atom. The fourth-order valence-corrected chi connectivity index (χ4v) is 6.13. The lowest BCUT2D eigenvalue weighted by Crippen LogP contribution is -1.96. The molecular weight excluding hydrogens is 514 g/mol. The minimum absolute atomic E-state index is 0.576. The number of furan rings is 1. The van der Waals surface area contributed by atoms with Gasteiger partial charge >= 0.3 is 0 Å². The molecule has 0 N–H and O–H groups in total. The maximum absolute atomic E-state index is 10.0. The first kappa shape index (κ1) is 23.8. The highest BCUT2D eigenvalue weighted by atomic mass is 16.3. The van der Waals surface area contributed by atoms with E-state index >= 15 is 0 Å². The SMILES string of the molecule is N#Cc1cc(-c2cccc(-c3cccc4c3oc3ccccc34)c2)cc(-n2c3ccccc3c3cc(C#N)ccc32)c1. The van der Waals surface area contributed by atoms with Crippen LogP contribution in [0.2, 0.25) is 0 Å². The predicted molar refractivity (Wildman–Crippen MR) is 168 cm³/mol. The number of para-hydroxylation sites is 3. The first-order valence-electron chi connectivity index (χ1n) is 13.7. The summed E-state index contributed by atoms with van der Waals surface area (Å²) in [6.45, 7) is 0. The van der Waals surface area contributed by atoms with Gasteiger partial charge in [-0.3, -0.25) is 0 Å². The Labute approximate surface area is 241 Å². The Hall–Kier alpha value is -6.10. The van der Waals surface area contributed by atoms with Crippen LogP contribution in [0.4, 0.5) is 0 Å². The molecule has 0 saturated carbocycles. The Balaban J connectivity index is 1.32. The molecule has 2 aromatic heterocycles. The number of rotatable bonds is 3. The summed E-state index contributed by atoms with van der Waals surface area (Å²) in [4.78, 5) is 0. The van der Waals surface area contributed by atoms with Crippen LogP contribution >= 0.6 is 0 Å². The average molecular weight is 536 g/mol. The van der Waals surface area contributed by atoms with E-state index in [0.29, 0.717) is 11.1 Å². The van der Waals surface area contributed by atoms with Crippen LogP contribution in [-0.4, -0.2) is 4.57 Å². The van der Waals surface area contributed by atoms with Gasteiger partial charge in [0.1, 0.15) is 11.2 Å². The number of benzene rings is 6. The zero-order valence-corrected chi connectivity index (χ0v) is 22.4. The molecule has 0 amide bonds. The van der Waals surface area contributed by atoms with Crippen molar-refractivity contribution in [3.63, 3.8) is 0 Å². The fourth-order valence-electron chi connectivity index (χ4n) is 6.13. The first-order chi connectivity index (χ1) is 20.7. The molecule has 0 spiro atoms. The third-order valence-corrected chi connectivity index (χ3v) is 8.02. The van der Waals surface area contributed by atoms with E-state index in [4.69, 9.17) is 4.42 Å². The molecule has 0 radical (unpaired) electrons. The minimum Gasteiger partial charge on any atom is -0.455 e. The molecule has 4 heteroatoms. The van der Waals surface area contributed by atoms with Crippen molar-refractivity contribution in [2.75, 3.05) is 0 Å². The van der Waals surface area contributed by atoms with E-state index in [1.807, 2.05) is 60.7 Å². The van der Waals surface area contributed by atoms with Crippen LogP contribution in [0.15, 0.2) is 132 Å². The van der Waals surface area contributed by atoms with Crippen molar-refractivity contribution in [1.82, 2.24) is 4.57 Å². The van der Waals surface area contributed by atoms with Crippen LogP contribution in [0.1, 0.15) is 11.1 Å². The van der Waals surface area contributed by atoms with Gasteiger partial charge in [-0.25, -0.2) is 0 Å². The summed E-state index contributed by atoms with van der Waals surface area (Å²) in [5, 5.41) is 23.8. The molecule has 0 unspecified atom stereocenters. The van der Waals surface area contributed by atoms with Crippen molar-refractivity contribution in [3.05, 3.63) is 139 Å². The molecule has 0 aliphatic rings. The topological polar surface area (TPSA) is 65.7 Å². The number of hydrogen-bond acceptors (Lipinski definition) is 3.